The van der Waals surface area contributed by atoms with Gasteiger partial charge in [0.25, 0.3) is 5.91 Å². The maximum absolute atomic E-state index is 13.9. The van der Waals surface area contributed by atoms with Crippen LogP contribution in [0.2, 0.25) is 5.02 Å². The Hall–Kier alpha value is -2.47. The molecular formula is C19H23ClFN5O4S. The number of anilines is 1. The van der Waals surface area contributed by atoms with Crippen molar-refractivity contribution in [2.24, 2.45) is 5.73 Å². The minimum atomic E-state index is -0.817. The van der Waals surface area contributed by atoms with E-state index in [0.717, 1.165) is 56.9 Å². The van der Waals surface area contributed by atoms with Crippen LogP contribution < -0.4 is 21.1 Å². The van der Waals surface area contributed by atoms with Crippen LogP contribution in [-0.4, -0.2) is 60.6 Å². The molecule has 3 rings (SSSR count). The number of halogens is 2. The highest BCUT2D eigenvalue weighted by Crippen LogP contribution is 2.31. The summed E-state index contributed by atoms with van der Waals surface area (Å²) in [6.45, 7) is 4.37. The van der Waals surface area contributed by atoms with Crippen LogP contribution in [0.15, 0.2) is 18.2 Å². The van der Waals surface area contributed by atoms with Crippen molar-refractivity contribution in [3.8, 4) is 5.88 Å². The van der Waals surface area contributed by atoms with Gasteiger partial charge in [-0.05, 0) is 36.6 Å². The third-order valence-corrected chi connectivity index (χ3v) is 5.54. The van der Waals surface area contributed by atoms with E-state index in [1.807, 2.05) is 0 Å². The second-order valence-corrected chi connectivity index (χ2v) is 7.98. The van der Waals surface area contributed by atoms with Crippen molar-refractivity contribution >= 4 is 40.1 Å². The number of urea groups is 1. The van der Waals surface area contributed by atoms with Crippen LogP contribution in [-0.2, 0) is 11.3 Å². The van der Waals surface area contributed by atoms with E-state index in [-0.39, 0.29) is 33.6 Å². The van der Waals surface area contributed by atoms with E-state index in [9.17, 15) is 14.0 Å². The zero-order chi connectivity index (χ0) is 22.2. The van der Waals surface area contributed by atoms with Gasteiger partial charge in [0.2, 0.25) is 5.88 Å². The molecule has 0 spiro atoms. The maximum Gasteiger partial charge on any atom is 0.319 e. The first-order valence-corrected chi connectivity index (χ1v) is 10.8. The summed E-state index contributed by atoms with van der Waals surface area (Å²) in [5.74, 6) is -1.43. The monoisotopic (exact) mass is 471 g/mol. The second kappa shape index (κ2) is 11.2. The molecule has 4 N–H and O–H groups in total. The van der Waals surface area contributed by atoms with Crippen molar-refractivity contribution in [1.82, 2.24) is 14.6 Å². The minimum Gasteiger partial charge on any atom is -0.471 e. The summed E-state index contributed by atoms with van der Waals surface area (Å²) < 4.78 is 28.7. The van der Waals surface area contributed by atoms with Gasteiger partial charge in [0.05, 0.1) is 13.2 Å². The van der Waals surface area contributed by atoms with Gasteiger partial charge in [-0.25, -0.2) is 9.18 Å². The number of morpholine rings is 1. The lowest BCUT2D eigenvalue weighted by Gasteiger charge is -2.26. The van der Waals surface area contributed by atoms with E-state index < -0.39 is 17.8 Å². The number of ether oxygens (including phenoxy) is 2. The van der Waals surface area contributed by atoms with Crippen molar-refractivity contribution in [3.63, 3.8) is 0 Å². The van der Waals surface area contributed by atoms with Gasteiger partial charge in [-0.3, -0.25) is 15.0 Å². The van der Waals surface area contributed by atoms with E-state index in [0.29, 0.717) is 6.54 Å². The van der Waals surface area contributed by atoms with Gasteiger partial charge < -0.3 is 20.5 Å². The molecule has 1 fully saturated rings. The molecule has 0 atom stereocenters. The smallest absolute Gasteiger partial charge is 0.319 e. The van der Waals surface area contributed by atoms with Crippen molar-refractivity contribution in [1.29, 1.82) is 0 Å². The van der Waals surface area contributed by atoms with Gasteiger partial charge >= 0.3 is 6.03 Å². The topological polar surface area (TPSA) is 119 Å². The van der Waals surface area contributed by atoms with E-state index >= 15 is 0 Å². The average Bonchev–Trinajstić information content (AvgIpc) is 3.14. The van der Waals surface area contributed by atoms with Crippen molar-refractivity contribution in [2.45, 2.75) is 13.0 Å². The Morgan fingerprint density at radius 2 is 2.13 bits per heavy atom. The highest BCUT2D eigenvalue weighted by Gasteiger charge is 2.22. The average molecular weight is 472 g/mol. The molecular weight excluding hydrogens is 449 g/mol. The third-order valence-electron chi connectivity index (χ3n) is 4.55. The number of aromatic nitrogens is 1. The molecule has 0 radical (unpaired) electrons. The Morgan fingerprint density at radius 1 is 1.35 bits per heavy atom. The van der Waals surface area contributed by atoms with E-state index in [2.05, 4.69) is 19.9 Å². The number of amides is 3. The zero-order valence-electron chi connectivity index (χ0n) is 16.7. The fourth-order valence-corrected chi connectivity index (χ4v) is 3.83. The van der Waals surface area contributed by atoms with E-state index in [1.165, 1.54) is 12.1 Å². The van der Waals surface area contributed by atoms with Crippen LogP contribution >= 0.6 is 23.1 Å². The Morgan fingerprint density at radius 3 is 2.84 bits per heavy atom. The number of rotatable bonds is 9. The molecule has 168 valence electrons. The molecule has 1 saturated heterocycles. The third kappa shape index (κ3) is 6.76. The Balaban J connectivity index is 1.51. The number of benzene rings is 1. The molecule has 3 amide bonds. The molecule has 2 heterocycles. The summed E-state index contributed by atoms with van der Waals surface area (Å²) >= 11 is 6.58. The SMILES string of the molecule is NC(=O)c1c(OCc2ccc(Cl)cc2F)nsc1NC(=O)NCCCN1CCOCC1. The summed E-state index contributed by atoms with van der Waals surface area (Å²) in [5, 5.41) is 5.72. The van der Waals surface area contributed by atoms with Crippen LogP contribution in [0.4, 0.5) is 14.2 Å². The van der Waals surface area contributed by atoms with Crippen LogP contribution in [0.1, 0.15) is 22.3 Å². The number of carbonyl (C=O) groups excluding carboxylic acids is 2. The molecule has 12 heteroatoms. The first-order chi connectivity index (χ1) is 14.9. The molecule has 2 aromatic rings. The summed E-state index contributed by atoms with van der Waals surface area (Å²) in [5.41, 5.74) is 5.60. The highest BCUT2D eigenvalue weighted by molar-refractivity contribution is 7.11. The fraction of sp³-hybridized carbons (Fsp3) is 0.421. The number of primary amides is 1. The molecule has 0 bridgehead atoms. The van der Waals surface area contributed by atoms with Crippen LogP contribution in [0.3, 0.4) is 0 Å². The lowest BCUT2D eigenvalue weighted by atomic mass is 10.2. The van der Waals surface area contributed by atoms with Gasteiger partial charge in [0, 0.05) is 30.2 Å². The predicted molar refractivity (Wildman–Crippen MR) is 115 cm³/mol. The van der Waals surface area contributed by atoms with Crippen molar-refractivity contribution < 1.29 is 23.5 Å². The minimum absolute atomic E-state index is 0.0668. The molecule has 1 aromatic carbocycles. The molecule has 0 unspecified atom stereocenters. The molecule has 31 heavy (non-hydrogen) atoms. The molecule has 0 saturated carbocycles. The lowest BCUT2D eigenvalue weighted by molar-refractivity contribution is 0.0375. The first-order valence-electron chi connectivity index (χ1n) is 9.65. The van der Waals surface area contributed by atoms with Gasteiger partial charge in [-0.1, -0.05) is 17.7 Å². The van der Waals surface area contributed by atoms with Gasteiger partial charge in [0.1, 0.15) is 23.0 Å². The molecule has 1 aromatic heterocycles. The number of hydrogen-bond acceptors (Lipinski definition) is 7. The highest BCUT2D eigenvalue weighted by atomic mass is 35.5. The Kier molecular flexibility index (Phi) is 8.41. The fourth-order valence-electron chi connectivity index (χ4n) is 2.94. The number of carbonyl (C=O) groups is 2. The van der Waals surface area contributed by atoms with E-state index in [4.69, 9.17) is 26.8 Å². The quantitative estimate of drug-likeness (QED) is 0.483. The van der Waals surface area contributed by atoms with E-state index in [1.54, 1.807) is 0 Å². The second-order valence-electron chi connectivity index (χ2n) is 6.77. The summed E-state index contributed by atoms with van der Waals surface area (Å²) in [6, 6.07) is 3.67. The van der Waals surface area contributed by atoms with Gasteiger partial charge in [0.15, 0.2) is 0 Å². The van der Waals surface area contributed by atoms with Crippen LogP contribution in [0.5, 0.6) is 5.88 Å². The summed E-state index contributed by atoms with van der Waals surface area (Å²) in [7, 11) is 0. The molecule has 1 aliphatic rings. The summed E-state index contributed by atoms with van der Waals surface area (Å²) in [4.78, 5) is 26.3. The standard InChI is InChI=1S/C19H23ClFN5O4S/c20-13-3-2-12(14(21)10-13)11-30-17-15(16(22)27)18(31-25-17)24-19(28)23-4-1-5-26-6-8-29-9-7-26/h2-3,10H,1,4-9,11H2,(H2,22,27)(H2,23,24,28). The zero-order valence-corrected chi connectivity index (χ0v) is 18.2. The molecule has 9 nitrogen and oxygen atoms in total. The maximum atomic E-state index is 13.9. The first kappa shape index (κ1) is 23.2. The number of nitrogens with zero attached hydrogens (tertiary/aromatic N) is 2. The number of nitrogens with two attached hydrogens (primary N) is 1. The Labute approximate surface area is 187 Å². The molecule has 0 aliphatic carbocycles. The Bertz CT molecular complexity index is 923. The largest absolute Gasteiger partial charge is 0.471 e. The van der Waals surface area contributed by atoms with Gasteiger partial charge in [-0.2, -0.15) is 4.37 Å². The normalized spacial score (nSPS) is 14.3. The predicted octanol–water partition coefficient (Wildman–Crippen LogP) is 2.46. The summed E-state index contributed by atoms with van der Waals surface area (Å²) in [6.07, 6.45) is 0.778. The molecule has 1 aliphatic heterocycles. The van der Waals surface area contributed by atoms with Gasteiger partial charge in [-0.15, -0.1) is 0 Å². The number of hydrogen-bond donors (Lipinski definition) is 3. The van der Waals surface area contributed by atoms with Crippen molar-refractivity contribution in [2.75, 3.05) is 44.7 Å². The lowest BCUT2D eigenvalue weighted by Crippen LogP contribution is -2.38. The van der Waals surface area contributed by atoms with Crippen LogP contribution in [0.25, 0.3) is 0 Å². The number of nitrogens with one attached hydrogen (secondary N) is 2. The van der Waals surface area contributed by atoms with Crippen molar-refractivity contribution in [3.05, 3.63) is 40.2 Å². The van der Waals surface area contributed by atoms with Crippen LogP contribution in [0, 0.1) is 5.82 Å².